The summed E-state index contributed by atoms with van der Waals surface area (Å²) in [5.74, 6) is -0.876. The molecule has 0 aromatic rings. The monoisotopic (exact) mass is 158 g/mol. The predicted molar refractivity (Wildman–Crippen MR) is 40.1 cm³/mol. The van der Waals surface area contributed by atoms with Crippen LogP contribution in [0.5, 0.6) is 0 Å². The third-order valence-corrected chi connectivity index (χ3v) is 2.28. The number of hydrogen-bond acceptors (Lipinski definition) is 2. The Morgan fingerprint density at radius 1 is 1.55 bits per heavy atom. The molecule has 0 aliphatic heterocycles. The fourth-order valence-corrected chi connectivity index (χ4v) is 1.37. The molecule has 0 spiro atoms. The number of aliphatic hydroxyl groups is 1. The molecule has 3 atom stereocenters. The van der Waals surface area contributed by atoms with Crippen LogP contribution in [0.25, 0.3) is 0 Å². The minimum atomic E-state index is -0.769. The van der Waals surface area contributed by atoms with Gasteiger partial charge in [0.25, 0.3) is 0 Å². The third kappa shape index (κ3) is 1.71. The molecule has 2 N–H and O–H groups in total. The van der Waals surface area contributed by atoms with Gasteiger partial charge in [0, 0.05) is 0 Å². The summed E-state index contributed by atoms with van der Waals surface area (Å²) in [7, 11) is 0. The van der Waals surface area contributed by atoms with Gasteiger partial charge in [-0.25, -0.2) is 0 Å². The van der Waals surface area contributed by atoms with Crippen molar-refractivity contribution in [1.29, 1.82) is 0 Å². The van der Waals surface area contributed by atoms with Gasteiger partial charge >= 0.3 is 5.97 Å². The average molecular weight is 158 g/mol. The maximum atomic E-state index is 10.4. The van der Waals surface area contributed by atoms with Gasteiger partial charge in [0.1, 0.15) is 0 Å². The molecule has 3 nitrogen and oxygen atoms in total. The van der Waals surface area contributed by atoms with Gasteiger partial charge in [-0.1, -0.05) is 13.8 Å². The highest BCUT2D eigenvalue weighted by Gasteiger charge is 2.48. The van der Waals surface area contributed by atoms with Gasteiger partial charge in [0.15, 0.2) is 0 Å². The Morgan fingerprint density at radius 3 is 2.36 bits per heavy atom. The van der Waals surface area contributed by atoms with E-state index >= 15 is 0 Å². The number of aliphatic carboxylic acids is 1. The van der Waals surface area contributed by atoms with E-state index in [9.17, 15) is 9.90 Å². The van der Waals surface area contributed by atoms with Crippen LogP contribution in [0.3, 0.4) is 0 Å². The second-order valence-electron chi connectivity index (χ2n) is 3.58. The zero-order valence-corrected chi connectivity index (χ0v) is 6.82. The van der Waals surface area contributed by atoms with Gasteiger partial charge < -0.3 is 10.2 Å². The van der Waals surface area contributed by atoms with Crippen LogP contribution in [0.15, 0.2) is 0 Å². The Hall–Kier alpha value is -0.570. The highest BCUT2D eigenvalue weighted by atomic mass is 16.4. The maximum Gasteiger partial charge on any atom is 0.306 e. The molecule has 1 rings (SSSR count). The van der Waals surface area contributed by atoms with E-state index < -0.39 is 12.1 Å². The van der Waals surface area contributed by atoms with Gasteiger partial charge in [0.2, 0.25) is 0 Å². The zero-order valence-electron chi connectivity index (χ0n) is 6.82. The van der Waals surface area contributed by atoms with E-state index in [2.05, 4.69) is 0 Å². The summed E-state index contributed by atoms with van der Waals surface area (Å²) in [4.78, 5) is 10.4. The zero-order chi connectivity index (χ0) is 8.59. The third-order valence-electron chi connectivity index (χ3n) is 2.28. The first-order chi connectivity index (χ1) is 5.04. The van der Waals surface area contributed by atoms with Crippen LogP contribution in [-0.4, -0.2) is 22.3 Å². The van der Waals surface area contributed by atoms with Gasteiger partial charge in [-0.15, -0.1) is 0 Å². The Balaban J connectivity index is 2.37. The fraction of sp³-hybridized carbons (Fsp3) is 0.875. The molecule has 3 heteroatoms. The van der Waals surface area contributed by atoms with E-state index in [0.717, 1.165) is 0 Å². The van der Waals surface area contributed by atoms with Crippen LogP contribution in [0, 0.1) is 17.8 Å². The van der Waals surface area contributed by atoms with Crippen LogP contribution in [0.1, 0.15) is 20.3 Å². The summed E-state index contributed by atoms with van der Waals surface area (Å²) in [6.07, 6.45) is 0.213. The van der Waals surface area contributed by atoms with Crippen LogP contribution in [0.2, 0.25) is 0 Å². The van der Waals surface area contributed by atoms with E-state index in [1.165, 1.54) is 0 Å². The maximum absolute atomic E-state index is 10.4. The highest BCUT2D eigenvalue weighted by Crippen LogP contribution is 2.43. The molecule has 1 aliphatic carbocycles. The highest BCUT2D eigenvalue weighted by molar-refractivity contribution is 5.73. The lowest BCUT2D eigenvalue weighted by atomic mass is 10.0. The fourth-order valence-electron chi connectivity index (χ4n) is 1.37. The van der Waals surface area contributed by atoms with Crippen LogP contribution >= 0.6 is 0 Å². The molecule has 0 aromatic carbocycles. The number of aliphatic hydroxyl groups excluding tert-OH is 1. The second-order valence-corrected chi connectivity index (χ2v) is 3.58. The molecule has 0 saturated heterocycles. The SMILES string of the molecule is CC(C)C(O)[C@@H]1C[C@@H]1C(=O)O. The van der Waals surface area contributed by atoms with Crippen LogP contribution in [-0.2, 0) is 4.79 Å². The molecule has 0 aromatic heterocycles. The lowest BCUT2D eigenvalue weighted by molar-refractivity contribution is -0.139. The standard InChI is InChI=1S/C8H14O3/c1-4(2)7(9)5-3-6(5)8(10)11/h4-7,9H,3H2,1-2H3,(H,10,11)/t5-,6+,7?/m1/s1. The van der Waals surface area contributed by atoms with Crippen molar-refractivity contribution in [2.24, 2.45) is 17.8 Å². The molecule has 0 amide bonds. The van der Waals surface area contributed by atoms with Crippen molar-refractivity contribution in [3.63, 3.8) is 0 Å². The summed E-state index contributed by atoms with van der Waals surface area (Å²) in [5, 5.41) is 18.0. The molecule has 11 heavy (non-hydrogen) atoms. The van der Waals surface area contributed by atoms with E-state index in [-0.39, 0.29) is 17.8 Å². The van der Waals surface area contributed by atoms with Crippen molar-refractivity contribution in [2.75, 3.05) is 0 Å². The molecule has 0 heterocycles. The predicted octanol–water partition coefficient (Wildman–Crippen LogP) is 0.724. The van der Waals surface area contributed by atoms with Crippen molar-refractivity contribution in [2.45, 2.75) is 26.4 Å². The Bertz CT molecular complexity index is 165. The van der Waals surface area contributed by atoms with Crippen LogP contribution < -0.4 is 0 Å². The van der Waals surface area contributed by atoms with Crippen molar-refractivity contribution in [3.05, 3.63) is 0 Å². The number of carboxylic acid groups (broad SMARTS) is 1. The van der Waals surface area contributed by atoms with Crippen molar-refractivity contribution in [1.82, 2.24) is 0 Å². The normalized spacial score (nSPS) is 32.0. The van der Waals surface area contributed by atoms with Gasteiger partial charge in [-0.2, -0.15) is 0 Å². The molecular formula is C8H14O3. The van der Waals surface area contributed by atoms with Gasteiger partial charge in [-0.3, -0.25) is 4.79 Å². The smallest absolute Gasteiger partial charge is 0.306 e. The molecule has 1 saturated carbocycles. The van der Waals surface area contributed by atoms with Crippen molar-refractivity contribution in [3.8, 4) is 0 Å². The largest absolute Gasteiger partial charge is 0.481 e. The van der Waals surface area contributed by atoms with E-state index in [0.29, 0.717) is 6.42 Å². The molecule has 0 bridgehead atoms. The Morgan fingerprint density at radius 2 is 2.09 bits per heavy atom. The molecule has 1 aliphatic rings. The Labute approximate surface area is 66.0 Å². The molecule has 1 unspecified atom stereocenters. The summed E-state index contributed by atoms with van der Waals surface area (Å²) in [6, 6.07) is 0. The summed E-state index contributed by atoms with van der Waals surface area (Å²) >= 11 is 0. The molecule has 64 valence electrons. The Kier molecular flexibility index (Phi) is 2.18. The summed E-state index contributed by atoms with van der Waals surface area (Å²) in [6.45, 7) is 3.81. The van der Waals surface area contributed by atoms with Gasteiger partial charge in [0.05, 0.1) is 12.0 Å². The lowest BCUT2D eigenvalue weighted by Gasteiger charge is -2.12. The van der Waals surface area contributed by atoms with Gasteiger partial charge in [-0.05, 0) is 18.3 Å². The minimum Gasteiger partial charge on any atom is -0.481 e. The summed E-state index contributed by atoms with van der Waals surface area (Å²) in [5.41, 5.74) is 0. The van der Waals surface area contributed by atoms with Crippen molar-refractivity contribution < 1.29 is 15.0 Å². The van der Waals surface area contributed by atoms with E-state index in [1.807, 2.05) is 13.8 Å². The van der Waals surface area contributed by atoms with Crippen molar-refractivity contribution >= 4 is 5.97 Å². The van der Waals surface area contributed by atoms with E-state index in [1.54, 1.807) is 0 Å². The first kappa shape index (κ1) is 8.53. The first-order valence-corrected chi connectivity index (χ1v) is 3.95. The number of carboxylic acids is 1. The number of carbonyl (C=O) groups is 1. The topological polar surface area (TPSA) is 57.5 Å². The second kappa shape index (κ2) is 2.81. The molecule has 1 fully saturated rings. The molecular weight excluding hydrogens is 144 g/mol. The average Bonchev–Trinajstić information content (AvgIpc) is 2.63. The van der Waals surface area contributed by atoms with Crippen LogP contribution in [0.4, 0.5) is 0 Å². The van der Waals surface area contributed by atoms with E-state index in [4.69, 9.17) is 5.11 Å². The molecule has 0 radical (unpaired) electrons. The quantitative estimate of drug-likeness (QED) is 0.636. The number of hydrogen-bond donors (Lipinski definition) is 2. The minimum absolute atomic E-state index is 0.00694. The lowest BCUT2D eigenvalue weighted by Crippen LogP contribution is -2.19. The number of rotatable bonds is 3. The summed E-state index contributed by atoms with van der Waals surface area (Å²) < 4.78 is 0. The first-order valence-electron chi connectivity index (χ1n) is 3.95.